The highest BCUT2D eigenvalue weighted by molar-refractivity contribution is 8.02. The normalized spacial score (nSPS) is 14.5. The van der Waals surface area contributed by atoms with E-state index in [0.29, 0.717) is 34.0 Å². The first-order chi connectivity index (χ1) is 12.6. The van der Waals surface area contributed by atoms with E-state index in [1.54, 1.807) is 13.2 Å². The molecule has 0 saturated carbocycles. The maximum absolute atomic E-state index is 12.9. The van der Waals surface area contributed by atoms with E-state index < -0.39 is 5.25 Å². The second-order valence-corrected chi connectivity index (χ2v) is 8.11. The van der Waals surface area contributed by atoms with Gasteiger partial charge in [-0.25, -0.2) is 0 Å². The van der Waals surface area contributed by atoms with Gasteiger partial charge >= 0.3 is 0 Å². The molecule has 2 amide bonds. The summed E-state index contributed by atoms with van der Waals surface area (Å²) in [6, 6.07) is 7.28. The van der Waals surface area contributed by atoms with Gasteiger partial charge in [0.1, 0.15) is 6.54 Å². The molecular formula is C16H19N5O3S2. The molecule has 3 rings (SSSR count). The fraction of sp³-hybridized carbons (Fsp3) is 0.375. The van der Waals surface area contributed by atoms with Crippen molar-refractivity contribution in [1.29, 1.82) is 0 Å². The van der Waals surface area contributed by atoms with Gasteiger partial charge in [-0.15, -0.1) is 10.2 Å². The molecule has 138 valence electrons. The van der Waals surface area contributed by atoms with Crippen molar-refractivity contribution in [2.45, 2.75) is 16.5 Å². The molecule has 1 aromatic carbocycles. The van der Waals surface area contributed by atoms with Crippen LogP contribution in [0.1, 0.15) is 6.92 Å². The molecule has 0 saturated heterocycles. The summed E-state index contributed by atoms with van der Waals surface area (Å²) in [4.78, 5) is 26.3. The first-order valence-electron chi connectivity index (χ1n) is 8.01. The third-order valence-electron chi connectivity index (χ3n) is 3.65. The molecule has 0 unspecified atom stereocenters. The Kier molecular flexibility index (Phi) is 6.07. The van der Waals surface area contributed by atoms with Crippen LogP contribution in [0.15, 0.2) is 28.6 Å². The van der Waals surface area contributed by atoms with E-state index in [1.807, 2.05) is 25.1 Å². The molecule has 2 N–H and O–H groups in total. The number of anilines is 3. The lowest BCUT2D eigenvalue weighted by atomic mass is 10.2. The molecule has 0 spiro atoms. The van der Waals surface area contributed by atoms with E-state index in [0.717, 1.165) is 0 Å². The number of methoxy groups -OCH3 is 1. The number of hydrogen-bond acceptors (Lipinski definition) is 8. The van der Waals surface area contributed by atoms with Crippen LogP contribution in [0.5, 0.6) is 0 Å². The van der Waals surface area contributed by atoms with Crippen LogP contribution in [-0.4, -0.2) is 54.1 Å². The summed E-state index contributed by atoms with van der Waals surface area (Å²) in [6.45, 7) is 3.04. The number of hydrogen-bond donors (Lipinski definition) is 2. The van der Waals surface area contributed by atoms with Gasteiger partial charge in [0.15, 0.2) is 4.34 Å². The number of nitrogens with zero attached hydrogens (tertiary/aromatic N) is 3. The fourth-order valence-electron chi connectivity index (χ4n) is 2.44. The van der Waals surface area contributed by atoms with Crippen molar-refractivity contribution in [3.8, 4) is 0 Å². The molecule has 0 fully saturated rings. The Morgan fingerprint density at radius 3 is 3.08 bits per heavy atom. The van der Waals surface area contributed by atoms with Crippen molar-refractivity contribution in [2.24, 2.45) is 0 Å². The standard InChI is InChI=1S/C16H19N5O3S2/c1-10(25-16-20-19-15(26-16)17-7-8-24-2)14(23)21-9-13(22)18-11-5-3-4-6-12(11)21/h3-6,10H,7-9H2,1-2H3,(H,17,19)(H,18,22)/t10-/m0/s1. The minimum absolute atomic E-state index is 0.0146. The van der Waals surface area contributed by atoms with Crippen LogP contribution >= 0.6 is 23.1 Å². The first-order valence-corrected chi connectivity index (χ1v) is 9.71. The summed E-state index contributed by atoms with van der Waals surface area (Å²) in [6.07, 6.45) is 0. The molecule has 1 atom stereocenters. The number of carbonyl (C=O) groups is 2. The summed E-state index contributed by atoms with van der Waals surface area (Å²) < 4.78 is 5.67. The summed E-state index contributed by atoms with van der Waals surface area (Å²) in [5.74, 6) is -0.337. The van der Waals surface area contributed by atoms with Crippen LogP contribution in [0.25, 0.3) is 0 Å². The lowest BCUT2D eigenvalue weighted by molar-refractivity contribution is -0.121. The Balaban J connectivity index is 1.66. The highest BCUT2D eigenvalue weighted by atomic mass is 32.2. The van der Waals surface area contributed by atoms with Crippen molar-refractivity contribution < 1.29 is 14.3 Å². The number of ether oxygens (including phenoxy) is 1. The smallest absolute Gasteiger partial charge is 0.244 e. The van der Waals surface area contributed by atoms with E-state index in [9.17, 15) is 9.59 Å². The van der Waals surface area contributed by atoms with Gasteiger partial charge < -0.3 is 15.4 Å². The summed E-state index contributed by atoms with van der Waals surface area (Å²) >= 11 is 2.72. The Labute approximate surface area is 159 Å². The molecule has 8 nitrogen and oxygen atoms in total. The van der Waals surface area contributed by atoms with Gasteiger partial charge in [-0.1, -0.05) is 35.2 Å². The molecule has 1 aliphatic rings. The number of fused-ring (bicyclic) bond motifs is 1. The molecule has 0 bridgehead atoms. The second-order valence-electron chi connectivity index (χ2n) is 5.54. The van der Waals surface area contributed by atoms with Gasteiger partial charge in [-0.05, 0) is 19.1 Å². The number of para-hydroxylation sites is 2. The molecule has 0 radical (unpaired) electrons. The minimum Gasteiger partial charge on any atom is -0.383 e. The van der Waals surface area contributed by atoms with E-state index in [-0.39, 0.29) is 18.4 Å². The maximum atomic E-state index is 12.9. The van der Waals surface area contributed by atoms with Crippen LogP contribution in [0, 0.1) is 0 Å². The zero-order valence-electron chi connectivity index (χ0n) is 14.4. The van der Waals surface area contributed by atoms with Crippen LogP contribution in [0.2, 0.25) is 0 Å². The highest BCUT2D eigenvalue weighted by Gasteiger charge is 2.30. The van der Waals surface area contributed by atoms with Crippen molar-refractivity contribution in [3.63, 3.8) is 0 Å². The molecule has 2 heterocycles. The van der Waals surface area contributed by atoms with Gasteiger partial charge in [0.05, 0.1) is 23.2 Å². The van der Waals surface area contributed by atoms with E-state index in [4.69, 9.17) is 4.74 Å². The number of aromatic nitrogens is 2. The average molecular weight is 393 g/mol. The highest BCUT2D eigenvalue weighted by Crippen LogP contribution is 2.33. The van der Waals surface area contributed by atoms with E-state index in [1.165, 1.54) is 28.0 Å². The van der Waals surface area contributed by atoms with Crippen LogP contribution in [-0.2, 0) is 14.3 Å². The lowest BCUT2D eigenvalue weighted by Crippen LogP contribution is -2.45. The molecule has 1 aliphatic heterocycles. The monoisotopic (exact) mass is 393 g/mol. The largest absolute Gasteiger partial charge is 0.383 e. The van der Waals surface area contributed by atoms with Gasteiger partial charge in [0.2, 0.25) is 16.9 Å². The van der Waals surface area contributed by atoms with Gasteiger partial charge in [-0.2, -0.15) is 0 Å². The Morgan fingerprint density at radius 1 is 1.46 bits per heavy atom. The van der Waals surface area contributed by atoms with Gasteiger partial charge in [-0.3, -0.25) is 14.5 Å². The Morgan fingerprint density at radius 2 is 2.27 bits per heavy atom. The van der Waals surface area contributed by atoms with Crippen molar-refractivity contribution in [3.05, 3.63) is 24.3 Å². The number of carbonyl (C=O) groups excluding carboxylic acids is 2. The molecule has 2 aromatic rings. The number of nitrogens with one attached hydrogen (secondary N) is 2. The van der Waals surface area contributed by atoms with Crippen LogP contribution in [0.3, 0.4) is 0 Å². The Bertz CT molecular complexity index is 798. The zero-order chi connectivity index (χ0) is 18.5. The number of benzene rings is 1. The molecule has 10 heteroatoms. The number of amides is 2. The molecular weight excluding hydrogens is 374 g/mol. The van der Waals surface area contributed by atoms with E-state index in [2.05, 4.69) is 20.8 Å². The summed E-state index contributed by atoms with van der Waals surface area (Å²) in [7, 11) is 1.63. The number of rotatable bonds is 7. The molecule has 0 aliphatic carbocycles. The maximum Gasteiger partial charge on any atom is 0.244 e. The minimum atomic E-state index is -0.395. The summed E-state index contributed by atoms with van der Waals surface area (Å²) in [5, 5.41) is 14.3. The SMILES string of the molecule is COCCNc1nnc(S[C@@H](C)C(=O)N2CC(=O)Nc3ccccc32)s1. The third-order valence-corrected chi connectivity index (χ3v) is 5.70. The Hall–Kier alpha value is -2.17. The van der Waals surface area contributed by atoms with Crippen molar-refractivity contribution in [1.82, 2.24) is 10.2 Å². The fourth-order valence-corrected chi connectivity index (χ4v) is 4.42. The van der Waals surface area contributed by atoms with Crippen molar-refractivity contribution in [2.75, 3.05) is 42.3 Å². The predicted octanol–water partition coefficient (Wildman–Crippen LogP) is 2.06. The second kappa shape index (κ2) is 8.47. The van der Waals surface area contributed by atoms with Gasteiger partial charge in [0, 0.05) is 13.7 Å². The van der Waals surface area contributed by atoms with E-state index >= 15 is 0 Å². The quantitative estimate of drug-likeness (QED) is 0.549. The lowest BCUT2D eigenvalue weighted by Gasteiger charge is -2.30. The third kappa shape index (κ3) is 4.32. The zero-order valence-corrected chi connectivity index (χ0v) is 16.0. The van der Waals surface area contributed by atoms with Crippen LogP contribution in [0.4, 0.5) is 16.5 Å². The first kappa shape index (κ1) is 18.6. The summed E-state index contributed by atoms with van der Waals surface area (Å²) in [5.41, 5.74) is 1.36. The molecule has 26 heavy (non-hydrogen) atoms. The number of thioether (sulfide) groups is 1. The molecule has 1 aromatic heterocycles. The van der Waals surface area contributed by atoms with Gasteiger partial charge in [0.25, 0.3) is 0 Å². The topological polar surface area (TPSA) is 96.4 Å². The van der Waals surface area contributed by atoms with Crippen molar-refractivity contribution >= 4 is 51.4 Å². The van der Waals surface area contributed by atoms with Crippen LogP contribution < -0.4 is 15.5 Å². The average Bonchev–Trinajstić information content (AvgIpc) is 3.07. The predicted molar refractivity (Wildman–Crippen MR) is 103 cm³/mol.